The van der Waals surface area contributed by atoms with Crippen LogP contribution in [-0.2, 0) is 0 Å². The molecular weight excluding hydrogens is 244 g/mol. The quantitative estimate of drug-likeness (QED) is 0.643. The van der Waals surface area contributed by atoms with Crippen molar-refractivity contribution in [3.8, 4) is 0 Å². The summed E-state index contributed by atoms with van der Waals surface area (Å²) in [7, 11) is 2.20. The number of nitrogens with one attached hydrogen (secondary N) is 1. The van der Waals surface area contributed by atoms with E-state index in [4.69, 9.17) is 0 Å². The van der Waals surface area contributed by atoms with Crippen molar-refractivity contribution in [3.63, 3.8) is 0 Å². The normalized spacial score (nSPS) is 11.1. The van der Waals surface area contributed by atoms with Gasteiger partial charge in [-0.2, -0.15) is 0 Å². The molecule has 0 unspecified atom stereocenters. The van der Waals surface area contributed by atoms with Crippen LogP contribution in [0.25, 0.3) is 0 Å². The maximum absolute atomic E-state index is 3.51. The van der Waals surface area contributed by atoms with Crippen LogP contribution in [-0.4, -0.2) is 26.7 Å². The van der Waals surface area contributed by atoms with Crippen molar-refractivity contribution >= 4 is 5.69 Å². The minimum absolute atomic E-state index is 0.762. The Kier molecular flexibility index (Phi) is 8.36. The van der Waals surface area contributed by atoms with Gasteiger partial charge in [0.2, 0.25) is 0 Å². The summed E-state index contributed by atoms with van der Waals surface area (Å²) in [5, 5.41) is 3.51. The molecule has 0 fully saturated rings. The van der Waals surface area contributed by atoms with Gasteiger partial charge in [0.05, 0.1) is 0 Å². The molecule has 1 rings (SSSR count). The van der Waals surface area contributed by atoms with Crippen LogP contribution < -0.4 is 10.2 Å². The summed E-state index contributed by atoms with van der Waals surface area (Å²) in [6.45, 7) is 10.2. The molecule has 0 amide bonds. The first-order valence-electron chi connectivity index (χ1n) is 8.08. The second kappa shape index (κ2) is 9.82. The van der Waals surface area contributed by atoms with E-state index in [1.807, 2.05) is 0 Å². The molecule has 0 heterocycles. The van der Waals surface area contributed by atoms with E-state index < -0.39 is 0 Å². The molecule has 2 heteroatoms. The summed E-state index contributed by atoms with van der Waals surface area (Å²) < 4.78 is 0. The minimum atomic E-state index is 0.762. The van der Waals surface area contributed by atoms with Crippen molar-refractivity contribution in [2.24, 2.45) is 5.92 Å². The van der Waals surface area contributed by atoms with Gasteiger partial charge in [-0.1, -0.05) is 44.9 Å². The van der Waals surface area contributed by atoms with Crippen LogP contribution >= 0.6 is 0 Å². The van der Waals surface area contributed by atoms with E-state index in [0.29, 0.717) is 0 Å². The first kappa shape index (κ1) is 17.0. The number of unbranched alkanes of at least 4 members (excludes halogenated alkanes) is 3. The van der Waals surface area contributed by atoms with E-state index >= 15 is 0 Å². The second-order valence-electron chi connectivity index (χ2n) is 6.22. The zero-order chi connectivity index (χ0) is 14.8. The van der Waals surface area contributed by atoms with Gasteiger partial charge in [0.25, 0.3) is 0 Å². The Morgan fingerprint density at radius 3 is 2.45 bits per heavy atom. The molecule has 0 aliphatic rings. The van der Waals surface area contributed by atoms with E-state index in [1.165, 1.54) is 43.5 Å². The van der Waals surface area contributed by atoms with E-state index in [0.717, 1.165) is 19.0 Å². The Morgan fingerprint density at radius 2 is 1.75 bits per heavy atom. The maximum Gasteiger partial charge on any atom is 0.0393 e. The summed E-state index contributed by atoms with van der Waals surface area (Å²) in [6.07, 6.45) is 5.27. The van der Waals surface area contributed by atoms with Crippen LogP contribution in [0.2, 0.25) is 0 Å². The third-order valence-electron chi connectivity index (χ3n) is 3.68. The number of para-hydroxylation sites is 1. The van der Waals surface area contributed by atoms with Crippen LogP contribution in [0.15, 0.2) is 24.3 Å². The van der Waals surface area contributed by atoms with Crippen molar-refractivity contribution in [2.75, 3.05) is 31.6 Å². The first-order valence-corrected chi connectivity index (χ1v) is 8.08. The third-order valence-corrected chi connectivity index (χ3v) is 3.68. The molecule has 0 bridgehead atoms. The Balaban J connectivity index is 2.05. The van der Waals surface area contributed by atoms with Crippen LogP contribution in [0.3, 0.4) is 0 Å². The van der Waals surface area contributed by atoms with Gasteiger partial charge in [-0.3, -0.25) is 0 Å². The molecule has 0 aromatic heterocycles. The summed E-state index contributed by atoms with van der Waals surface area (Å²) in [6, 6.07) is 8.63. The highest BCUT2D eigenvalue weighted by molar-refractivity contribution is 5.52. The van der Waals surface area contributed by atoms with Crippen LogP contribution in [0, 0.1) is 12.8 Å². The standard InChI is InChI=1S/C18H32N2/c1-16(2)15-19-13-9-5-6-10-14-20(4)18-12-8-7-11-17(18)3/h7-8,11-12,16,19H,5-6,9-10,13-15H2,1-4H3. The summed E-state index contributed by atoms with van der Waals surface area (Å²) in [5.41, 5.74) is 2.74. The lowest BCUT2D eigenvalue weighted by Crippen LogP contribution is -2.21. The smallest absolute Gasteiger partial charge is 0.0393 e. The molecule has 1 N–H and O–H groups in total. The van der Waals surface area contributed by atoms with E-state index in [9.17, 15) is 0 Å². The van der Waals surface area contributed by atoms with Crippen LogP contribution in [0.1, 0.15) is 45.1 Å². The zero-order valence-electron chi connectivity index (χ0n) is 13.8. The molecule has 0 atom stereocenters. The topological polar surface area (TPSA) is 15.3 Å². The average molecular weight is 276 g/mol. The lowest BCUT2D eigenvalue weighted by Gasteiger charge is -2.21. The molecule has 0 saturated carbocycles. The highest BCUT2D eigenvalue weighted by atomic mass is 15.1. The predicted octanol–water partition coefficient (Wildman–Crippen LogP) is 4.24. The summed E-state index contributed by atoms with van der Waals surface area (Å²) in [5.74, 6) is 0.762. The van der Waals surface area contributed by atoms with Gasteiger partial charge in [0.15, 0.2) is 0 Å². The number of hydrogen-bond donors (Lipinski definition) is 1. The molecule has 2 nitrogen and oxygen atoms in total. The highest BCUT2D eigenvalue weighted by Crippen LogP contribution is 2.18. The van der Waals surface area contributed by atoms with E-state index in [1.54, 1.807) is 0 Å². The van der Waals surface area contributed by atoms with Gasteiger partial charge in [-0.15, -0.1) is 0 Å². The number of anilines is 1. The molecule has 0 saturated heterocycles. The molecule has 0 spiro atoms. The molecule has 1 aromatic carbocycles. The molecule has 0 radical (unpaired) electrons. The monoisotopic (exact) mass is 276 g/mol. The SMILES string of the molecule is Cc1ccccc1N(C)CCCCCCNCC(C)C. The van der Waals surface area contributed by atoms with Crippen molar-refractivity contribution in [2.45, 2.75) is 46.5 Å². The Labute approximate surface area is 125 Å². The van der Waals surface area contributed by atoms with Gasteiger partial charge in [-0.25, -0.2) is 0 Å². The first-order chi connectivity index (χ1) is 9.61. The maximum atomic E-state index is 3.51. The number of nitrogens with zero attached hydrogens (tertiary/aromatic N) is 1. The predicted molar refractivity (Wildman–Crippen MR) is 90.6 cm³/mol. The summed E-state index contributed by atoms with van der Waals surface area (Å²) in [4.78, 5) is 2.38. The van der Waals surface area contributed by atoms with E-state index in [-0.39, 0.29) is 0 Å². The fourth-order valence-electron chi connectivity index (χ4n) is 2.46. The van der Waals surface area contributed by atoms with Gasteiger partial charge < -0.3 is 10.2 Å². The average Bonchev–Trinajstić information content (AvgIpc) is 2.41. The van der Waals surface area contributed by atoms with Gasteiger partial charge in [0, 0.05) is 19.3 Å². The highest BCUT2D eigenvalue weighted by Gasteiger charge is 2.02. The molecule has 1 aromatic rings. The van der Waals surface area contributed by atoms with Crippen molar-refractivity contribution in [1.82, 2.24) is 5.32 Å². The molecule has 0 aliphatic carbocycles. The number of rotatable bonds is 10. The Hall–Kier alpha value is -1.02. The fourth-order valence-corrected chi connectivity index (χ4v) is 2.46. The lowest BCUT2D eigenvalue weighted by molar-refractivity contribution is 0.526. The minimum Gasteiger partial charge on any atom is -0.374 e. The van der Waals surface area contributed by atoms with Crippen LogP contribution in [0.4, 0.5) is 5.69 Å². The van der Waals surface area contributed by atoms with Crippen molar-refractivity contribution < 1.29 is 0 Å². The van der Waals surface area contributed by atoms with Crippen molar-refractivity contribution in [3.05, 3.63) is 29.8 Å². The number of benzene rings is 1. The molecule has 114 valence electrons. The number of aryl methyl sites for hydroxylation is 1. The van der Waals surface area contributed by atoms with E-state index in [2.05, 4.69) is 62.3 Å². The van der Waals surface area contributed by atoms with Crippen LogP contribution in [0.5, 0.6) is 0 Å². The Morgan fingerprint density at radius 1 is 1.05 bits per heavy atom. The molecular formula is C18H32N2. The third kappa shape index (κ3) is 6.95. The van der Waals surface area contributed by atoms with Crippen molar-refractivity contribution in [1.29, 1.82) is 0 Å². The largest absolute Gasteiger partial charge is 0.374 e. The van der Waals surface area contributed by atoms with Gasteiger partial charge in [0.1, 0.15) is 0 Å². The zero-order valence-corrected chi connectivity index (χ0v) is 13.8. The molecule has 20 heavy (non-hydrogen) atoms. The lowest BCUT2D eigenvalue weighted by atomic mass is 10.1. The Bertz CT molecular complexity index is 360. The second-order valence-corrected chi connectivity index (χ2v) is 6.22. The van der Waals surface area contributed by atoms with Gasteiger partial charge in [-0.05, 0) is 50.4 Å². The van der Waals surface area contributed by atoms with Gasteiger partial charge >= 0.3 is 0 Å². The fraction of sp³-hybridized carbons (Fsp3) is 0.667. The number of hydrogen-bond acceptors (Lipinski definition) is 2. The summed E-state index contributed by atoms with van der Waals surface area (Å²) >= 11 is 0. The molecule has 0 aliphatic heterocycles.